The molecule has 3 aromatic rings. The van der Waals surface area contributed by atoms with Gasteiger partial charge in [-0.25, -0.2) is 4.98 Å². The molecule has 10 heteroatoms. The van der Waals surface area contributed by atoms with Crippen LogP contribution < -0.4 is 15.4 Å². The molecule has 0 aliphatic heterocycles. The van der Waals surface area contributed by atoms with Gasteiger partial charge in [0, 0.05) is 5.38 Å². The Morgan fingerprint density at radius 2 is 2.15 bits per heavy atom. The van der Waals surface area contributed by atoms with Gasteiger partial charge in [0.15, 0.2) is 9.47 Å². The second kappa shape index (κ2) is 8.47. The smallest absolute Gasteiger partial charge is 0.277 e. The average molecular weight is 408 g/mol. The van der Waals surface area contributed by atoms with Crippen LogP contribution in [0.1, 0.15) is 23.0 Å². The summed E-state index contributed by atoms with van der Waals surface area (Å²) in [6.07, 6.45) is 0. The number of thiazole rings is 1. The van der Waals surface area contributed by atoms with E-state index in [-0.39, 0.29) is 5.91 Å². The molecular formula is C16H17N5O2S3. The topological polar surface area (TPSA) is 89.0 Å². The van der Waals surface area contributed by atoms with E-state index in [1.54, 1.807) is 24.3 Å². The van der Waals surface area contributed by atoms with Crippen LogP contribution in [-0.2, 0) is 0 Å². The third-order valence-electron chi connectivity index (χ3n) is 3.23. The van der Waals surface area contributed by atoms with Crippen molar-refractivity contribution in [2.75, 3.05) is 23.5 Å². The van der Waals surface area contributed by atoms with Gasteiger partial charge in [-0.05, 0) is 30.4 Å². The normalized spacial score (nSPS) is 10.6. The number of thioether (sulfide) groups is 1. The van der Waals surface area contributed by atoms with E-state index in [0.29, 0.717) is 21.7 Å². The molecule has 0 unspecified atom stereocenters. The SMILES string of the molecule is CCSc1nnc(NC(=O)c2csc(Nc3cc(C)ccc3OC)n2)s1. The van der Waals surface area contributed by atoms with Gasteiger partial charge in [-0.2, -0.15) is 0 Å². The Morgan fingerprint density at radius 3 is 2.92 bits per heavy atom. The Hall–Kier alpha value is -2.17. The van der Waals surface area contributed by atoms with Crippen LogP contribution in [0, 0.1) is 6.92 Å². The van der Waals surface area contributed by atoms with Crippen LogP contribution in [0.4, 0.5) is 16.0 Å². The fraction of sp³-hybridized carbons (Fsp3) is 0.250. The largest absolute Gasteiger partial charge is 0.495 e. The number of rotatable bonds is 7. The van der Waals surface area contributed by atoms with Crippen molar-refractivity contribution in [3.8, 4) is 5.75 Å². The zero-order valence-electron chi connectivity index (χ0n) is 14.4. The van der Waals surface area contributed by atoms with E-state index in [1.165, 1.54) is 22.7 Å². The fourth-order valence-corrected chi connectivity index (χ4v) is 4.42. The summed E-state index contributed by atoms with van der Waals surface area (Å²) >= 11 is 4.28. The maximum Gasteiger partial charge on any atom is 0.277 e. The maximum absolute atomic E-state index is 12.3. The monoisotopic (exact) mass is 407 g/mol. The summed E-state index contributed by atoms with van der Waals surface area (Å²) in [5.41, 5.74) is 2.23. The number of nitrogens with one attached hydrogen (secondary N) is 2. The molecule has 0 saturated heterocycles. The fourth-order valence-electron chi connectivity index (χ4n) is 2.07. The second-order valence-corrected chi connectivity index (χ2v) is 8.47. The number of amides is 1. The predicted octanol–water partition coefficient (Wildman–Crippen LogP) is 4.42. The number of carbonyl (C=O) groups excluding carboxylic acids is 1. The molecule has 2 N–H and O–H groups in total. The number of ether oxygens (including phenoxy) is 1. The summed E-state index contributed by atoms with van der Waals surface area (Å²) in [6, 6.07) is 5.83. The first-order chi connectivity index (χ1) is 12.6. The Balaban J connectivity index is 1.69. The number of methoxy groups -OCH3 is 1. The van der Waals surface area contributed by atoms with Crippen molar-refractivity contribution < 1.29 is 9.53 Å². The summed E-state index contributed by atoms with van der Waals surface area (Å²) in [5, 5.41) is 16.7. The number of aromatic nitrogens is 3. The van der Waals surface area contributed by atoms with Crippen molar-refractivity contribution in [1.82, 2.24) is 15.2 Å². The Labute approximate surface area is 163 Å². The summed E-state index contributed by atoms with van der Waals surface area (Å²) in [5.74, 6) is 1.31. The number of carbonyl (C=O) groups is 1. The Morgan fingerprint density at radius 1 is 1.31 bits per heavy atom. The maximum atomic E-state index is 12.3. The first-order valence-electron chi connectivity index (χ1n) is 7.74. The second-order valence-electron chi connectivity index (χ2n) is 5.13. The standard InChI is InChI=1S/C16H17N5O2S3/c1-4-24-16-21-20-15(26-16)19-13(22)11-8-25-14(18-11)17-10-7-9(2)5-6-12(10)23-3/h5-8H,4H2,1-3H3,(H,17,18)(H,19,20,22). The molecule has 1 aromatic carbocycles. The molecular weight excluding hydrogens is 390 g/mol. The van der Waals surface area contributed by atoms with Crippen molar-refractivity contribution in [2.45, 2.75) is 18.2 Å². The summed E-state index contributed by atoms with van der Waals surface area (Å²) < 4.78 is 6.18. The van der Waals surface area contributed by atoms with E-state index in [9.17, 15) is 4.79 Å². The van der Waals surface area contributed by atoms with E-state index >= 15 is 0 Å². The molecule has 2 aromatic heterocycles. The van der Waals surface area contributed by atoms with Gasteiger partial charge < -0.3 is 10.1 Å². The van der Waals surface area contributed by atoms with Crippen LogP contribution in [0.5, 0.6) is 5.75 Å². The highest BCUT2D eigenvalue weighted by Crippen LogP contribution is 2.30. The van der Waals surface area contributed by atoms with Gasteiger partial charge in [0.25, 0.3) is 5.91 Å². The molecule has 7 nitrogen and oxygen atoms in total. The van der Waals surface area contributed by atoms with Crippen molar-refractivity contribution >= 4 is 56.3 Å². The molecule has 0 aliphatic rings. The third kappa shape index (κ3) is 4.51. The molecule has 26 heavy (non-hydrogen) atoms. The highest BCUT2D eigenvalue weighted by Gasteiger charge is 2.15. The lowest BCUT2D eigenvalue weighted by molar-refractivity contribution is 0.102. The summed E-state index contributed by atoms with van der Waals surface area (Å²) in [6.45, 7) is 4.04. The number of hydrogen-bond acceptors (Lipinski definition) is 9. The first kappa shape index (κ1) is 18.6. The molecule has 0 saturated carbocycles. The van der Waals surface area contributed by atoms with Crippen LogP contribution in [0.2, 0.25) is 0 Å². The molecule has 3 rings (SSSR count). The van der Waals surface area contributed by atoms with E-state index < -0.39 is 0 Å². The molecule has 0 spiro atoms. The van der Waals surface area contributed by atoms with Crippen LogP contribution in [0.25, 0.3) is 0 Å². The summed E-state index contributed by atoms with van der Waals surface area (Å²) in [7, 11) is 1.61. The van der Waals surface area contributed by atoms with Gasteiger partial charge in [-0.1, -0.05) is 36.1 Å². The molecule has 0 atom stereocenters. The average Bonchev–Trinajstić information content (AvgIpc) is 3.25. The van der Waals surface area contributed by atoms with E-state index in [1.807, 2.05) is 32.0 Å². The zero-order valence-corrected chi connectivity index (χ0v) is 16.8. The lowest BCUT2D eigenvalue weighted by Crippen LogP contribution is -2.12. The molecule has 0 fully saturated rings. The first-order valence-corrected chi connectivity index (χ1v) is 10.4. The van der Waals surface area contributed by atoms with Crippen LogP contribution in [-0.4, -0.2) is 34.0 Å². The molecule has 2 heterocycles. The van der Waals surface area contributed by atoms with Crippen molar-refractivity contribution in [3.63, 3.8) is 0 Å². The minimum Gasteiger partial charge on any atom is -0.495 e. The molecule has 0 bridgehead atoms. The highest BCUT2D eigenvalue weighted by atomic mass is 32.2. The van der Waals surface area contributed by atoms with Gasteiger partial charge in [0.1, 0.15) is 11.4 Å². The van der Waals surface area contributed by atoms with Crippen molar-refractivity contribution in [2.24, 2.45) is 0 Å². The molecule has 136 valence electrons. The summed E-state index contributed by atoms with van der Waals surface area (Å²) in [4.78, 5) is 16.7. The van der Waals surface area contributed by atoms with Crippen LogP contribution in [0.15, 0.2) is 27.9 Å². The van der Waals surface area contributed by atoms with E-state index in [2.05, 4.69) is 25.8 Å². The lowest BCUT2D eigenvalue weighted by atomic mass is 10.2. The quantitative estimate of drug-likeness (QED) is 0.443. The Bertz CT molecular complexity index is 909. The van der Waals surface area contributed by atoms with Crippen molar-refractivity contribution in [1.29, 1.82) is 0 Å². The van der Waals surface area contributed by atoms with Gasteiger partial charge in [-0.3, -0.25) is 10.1 Å². The number of hydrogen-bond donors (Lipinski definition) is 2. The van der Waals surface area contributed by atoms with Crippen molar-refractivity contribution in [3.05, 3.63) is 34.8 Å². The van der Waals surface area contributed by atoms with Crippen LogP contribution >= 0.6 is 34.4 Å². The van der Waals surface area contributed by atoms with Gasteiger partial charge in [0.2, 0.25) is 5.13 Å². The zero-order chi connectivity index (χ0) is 18.5. The minimum absolute atomic E-state index is 0.310. The minimum atomic E-state index is -0.310. The van der Waals surface area contributed by atoms with E-state index in [0.717, 1.165) is 21.3 Å². The molecule has 1 amide bonds. The van der Waals surface area contributed by atoms with Gasteiger partial charge in [-0.15, -0.1) is 21.5 Å². The Kier molecular flexibility index (Phi) is 6.07. The van der Waals surface area contributed by atoms with Crippen LogP contribution in [0.3, 0.4) is 0 Å². The lowest BCUT2D eigenvalue weighted by Gasteiger charge is -2.09. The number of anilines is 3. The molecule has 0 aliphatic carbocycles. The van der Waals surface area contributed by atoms with Gasteiger partial charge >= 0.3 is 0 Å². The highest BCUT2D eigenvalue weighted by molar-refractivity contribution is 8.01. The number of benzene rings is 1. The van der Waals surface area contributed by atoms with E-state index in [4.69, 9.17) is 4.74 Å². The third-order valence-corrected chi connectivity index (χ3v) is 5.84. The predicted molar refractivity (Wildman–Crippen MR) is 107 cm³/mol. The number of aryl methyl sites for hydroxylation is 1. The molecule has 0 radical (unpaired) electrons. The van der Waals surface area contributed by atoms with Gasteiger partial charge in [0.05, 0.1) is 12.8 Å². The number of nitrogens with zero attached hydrogens (tertiary/aromatic N) is 3.